The predicted octanol–water partition coefficient (Wildman–Crippen LogP) is 2.67. The summed E-state index contributed by atoms with van der Waals surface area (Å²) in [4.78, 5) is 18.4. The van der Waals surface area contributed by atoms with E-state index in [0.29, 0.717) is 17.9 Å². The van der Waals surface area contributed by atoms with Gasteiger partial charge in [-0.1, -0.05) is 12.8 Å². The molecule has 1 aromatic heterocycles. The Morgan fingerprint density at radius 3 is 2.95 bits per heavy atom. The molecule has 3 rings (SSSR count). The Morgan fingerprint density at radius 2 is 2.20 bits per heavy atom. The summed E-state index contributed by atoms with van der Waals surface area (Å²) in [5.74, 6) is 1.00. The molecule has 1 amide bonds. The van der Waals surface area contributed by atoms with Crippen LogP contribution in [0.5, 0.6) is 0 Å². The van der Waals surface area contributed by atoms with Crippen molar-refractivity contribution in [3.8, 4) is 0 Å². The molecule has 108 valence electrons. The van der Waals surface area contributed by atoms with E-state index in [1.165, 1.54) is 25.7 Å². The molecule has 0 bridgehead atoms. The lowest BCUT2D eigenvalue weighted by molar-refractivity contribution is -0.131. The van der Waals surface area contributed by atoms with Gasteiger partial charge < -0.3 is 10.2 Å². The van der Waals surface area contributed by atoms with Crippen LogP contribution in [0.15, 0.2) is 24.5 Å². The summed E-state index contributed by atoms with van der Waals surface area (Å²) in [6.45, 7) is 1.73. The minimum atomic E-state index is 0.354. The van der Waals surface area contributed by atoms with E-state index in [1.54, 1.807) is 6.20 Å². The van der Waals surface area contributed by atoms with Gasteiger partial charge in [-0.3, -0.25) is 9.78 Å². The number of nitrogens with one attached hydrogen (secondary N) is 1. The Bertz CT molecular complexity index is 442. The van der Waals surface area contributed by atoms with E-state index in [2.05, 4.69) is 10.3 Å². The zero-order chi connectivity index (χ0) is 13.8. The van der Waals surface area contributed by atoms with Crippen molar-refractivity contribution in [2.24, 2.45) is 5.92 Å². The third-order valence-corrected chi connectivity index (χ3v) is 4.51. The Labute approximate surface area is 120 Å². The normalized spacial score (nSPS) is 23.2. The maximum Gasteiger partial charge on any atom is 0.222 e. The third-order valence-electron chi connectivity index (χ3n) is 4.51. The minimum absolute atomic E-state index is 0.354. The quantitative estimate of drug-likeness (QED) is 0.917. The molecular formula is C16H23N3O. The SMILES string of the molecule is O=C(CC1CCCC1)N1CCC(Nc2cccnc2)C1. The third kappa shape index (κ3) is 3.30. The molecule has 4 heteroatoms. The van der Waals surface area contributed by atoms with Crippen LogP contribution in [-0.2, 0) is 4.79 Å². The summed E-state index contributed by atoms with van der Waals surface area (Å²) in [5, 5.41) is 3.46. The van der Waals surface area contributed by atoms with Gasteiger partial charge in [-0.05, 0) is 37.3 Å². The van der Waals surface area contributed by atoms with Gasteiger partial charge in [0.1, 0.15) is 0 Å². The maximum absolute atomic E-state index is 12.3. The van der Waals surface area contributed by atoms with E-state index >= 15 is 0 Å². The van der Waals surface area contributed by atoms with Crippen molar-refractivity contribution in [3.05, 3.63) is 24.5 Å². The summed E-state index contributed by atoms with van der Waals surface area (Å²) in [6, 6.07) is 4.32. The van der Waals surface area contributed by atoms with Crippen LogP contribution in [0.1, 0.15) is 38.5 Å². The second-order valence-electron chi connectivity index (χ2n) is 6.07. The monoisotopic (exact) mass is 273 g/mol. The van der Waals surface area contributed by atoms with Gasteiger partial charge in [0.05, 0.1) is 5.69 Å². The van der Waals surface area contributed by atoms with Gasteiger partial charge in [0, 0.05) is 37.9 Å². The van der Waals surface area contributed by atoms with Crippen LogP contribution in [0.2, 0.25) is 0 Å². The first kappa shape index (κ1) is 13.4. The van der Waals surface area contributed by atoms with E-state index in [9.17, 15) is 4.79 Å². The van der Waals surface area contributed by atoms with Gasteiger partial charge in [0.25, 0.3) is 0 Å². The van der Waals surface area contributed by atoms with Gasteiger partial charge in [0.15, 0.2) is 0 Å². The van der Waals surface area contributed by atoms with Crippen molar-refractivity contribution in [2.75, 3.05) is 18.4 Å². The number of amides is 1. The first-order chi connectivity index (χ1) is 9.81. The average molecular weight is 273 g/mol. The van der Waals surface area contributed by atoms with Gasteiger partial charge in [-0.25, -0.2) is 0 Å². The van der Waals surface area contributed by atoms with Crippen LogP contribution >= 0.6 is 0 Å². The molecule has 0 aromatic carbocycles. The summed E-state index contributed by atoms with van der Waals surface area (Å²) < 4.78 is 0. The minimum Gasteiger partial charge on any atom is -0.379 e. The van der Waals surface area contributed by atoms with Gasteiger partial charge in [0.2, 0.25) is 5.91 Å². The Hall–Kier alpha value is -1.58. The molecular weight excluding hydrogens is 250 g/mol. The molecule has 4 nitrogen and oxygen atoms in total. The molecule has 2 fully saturated rings. The van der Waals surface area contributed by atoms with Crippen LogP contribution in [-0.4, -0.2) is 34.9 Å². The Morgan fingerprint density at radius 1 is 1.35 bits per heavy atom. The standard InChI is InChI=1S/C16H23N3O/c20-16(10-13-4-1-2-5-13)19-9-7-15(12-19)18-14-6-3-8-17-11-14/h3,6,8,11,13,15,18H,1-2,4-5,7,9-10,12H2. The van der Waals surface area contributed by atoms with Crippen molar-refractivity contribution in [3.63, 3.8) is 0 Å². The number of rotatable bonds is 4. The number of aromatic nitrogens is 1. The van der Waals surface area contributed by atoms with Crippen LogP contribution in [0.25, 0.3) is 0 Å². The molecule has 2 heterocycles. The lowest BCUT2D eigenvalue weighted by Crippen LogP contribution is -2.32. The Kier molecular flexibility index (Phi) is 4.19. The van der Waals surface area contributed by atoms with Crippen molar-refractivity contribution in [1.29, 1.82) is 0 Å². The highest BCUT2D eigenvalue weighted by atomic mass is 16.2. The molecule has 0 spiro atoms. The van der Waals surface area contributed by atoms with E-state index in [1.807, 2.05) is 23.2 Å². The van der Waals surface area contributed by atoms with E-state index in [4.69, 9.17) is 0 Å². The fourth-order valence-electron chi connectivity index (χ4n) is 3.38. The molecule has 1 aliphatic carbocycles. The highest BCUT2D eigenvalue weighted by Gasteiger charge is 2.28. The van der Waals surface area contributed by atoms with Crippen LogP contribution in [0.4, 0.5) is 5.69 Å². The molecule has 2 aliphatic rings. The van der Waals surface area contributed by atoms with E-state index < -0.39 is 0 Å². The largest absolute Gasteiger partial charge is 0.379 e. The lowest BCUT2D eigenvalue weighted by atomic mass is 10.0. The first-order valence-corrected chi connectivity index (χ1v) is 7.75. The molecule has 1 N–H and O–H groups in total. The average Bonchev–Trinajstić information content (AvgIpc) is 3.11. The zero-order valence-corrected chi connectivity index (χ0v) is 11.9. The number of likely N-dealkylation sites (tertiary alicyclic amines) is 1. The highest BCUT2D eigenvalue weighted by Crippen LogP contribution is 2.28. The van der Waals surface area contributed by atoms with Gasteiger partial charge >= 0.3 is 0 Å². The molecule has 1 saturated heterocycles. The van der Waals surface area contributed by atoms with Gasteiger partial charge in [-0.15, -0.1) is 0 Å². The molecule has 1 saturated carbocycles. The second kappa shape index (κ2) is 6.25. The molecule has 20 heavy (non-hydrogen) atoms. The van der Waals surface area contributed by atoms with Crippen LogP contribution in [0.3, 0.4) is 0 Å². The number of pyridine rings is 1. The van der Waals surface area contributed by atoms with Crippen molar-refractivity contribution < 1.29 is 4.79 Å². The molecule has 1 aliphatic heterocycles. The highest BCUT2D eigenvalue weighted by molar-refractivity contribution is 5.77. The molecule has 1 atom stereocenters. The molecule has 1 unspecified atom stereocenters. The Balaban J connectivity index is 1.47. The van der Waals surface area contributed by atoms with E-state index in [-0.39, 0.29) is 0 Å². The predicted molar refractivity (Wildman–Crippen MR) is 79.4 cm³/mol. The lowest BCUT2D eigenvalue weighted by Gasteiger charge is -2.19. The zero-order valence-electron chi connectivity index (χ0n) is 11.9. The fraction of sp³-hybridized carbons (Fsp3) is 0.625. The second-order valence-corrected chi connectivity index (χ2v) is 6.07. The van der Waals surface area contributed by atoms with Gasteiger partial charge in [-0.2, -0.15) is 0 Å². The summed E-state index contributed by atoms with van der Waals surface area (Å²) in [5.41, 5.74) is 1.04. The summed E-state index contributed by atoms with van der Waals surface area (Å²) in [7, 11) is 0. The fourth-order valence-corrected chi connectivity index (χ4v) is 3.38. The molecule has 1 aromatic rings. The number of carbonyl (C=O) groups excluding carboxylic acids is 1. The van der Waals surface area contributed by atoms with Crippen molar-refractivity contribution in [1.82, 2.24) is 9.88 Å². The van der Waals surface area contributed by atoms with Crippen LogP contribution < -0.4 is 5.32 Å². The number of anilines is 1. The van der Waals surface area contributed by atoms with Crippen LogP contribution in [0, 0.1) is 5.92 Å². The van der Waals surface area contributed by atoms with Crippen molar-refractivity contribution in [2.45, 2.75) is 44.6 Å². The summed E-state index contributed by atoms with van der Waals surface area (Å²) in [6.07, 6.45) is 10.5. The summed E-state index contributed by atoms with van der Waals surface area (Å²) >= 11 is 0. The number of carbonyl (C=O) groups is 1. The molecule has 0 radical (unpaired) electrons. The number of hydrogen-bond donors (Lipinski definition) is 1. The van der Waals surface area contributed by atoms with Crippen molar-refractivity contribution >= 4 is 11.6 Å². The topological polar surface area (TPSA) is 45.2 Å². The number of nitrogens with zero attached hydrogens (tertiary/aromatic N) is 2. The van der Waals surface area contributed by atoms with E-state index in [0.717, 1.165) is 31.6 Å². The maximum atomic E-state index is 12.3. The number of hydrogen-bond acceptors (Lipinski definition) is 3. The smallest absolute Gasteiger partial charge is 0.222 e. The first-order valence-electron chi connectivity index (χ1n) is 7.75.